The molecular weight excluding hydrogens is 208 g/mol. The first kappa shape index (κ1) is 13.5. The van der Waals surface area contributed by atoms with Crippen LogP contribution in [0.5, 0.6) is 0 Å². The van der Waals surface area contributed by atoms with Crippen LogP contribution in [0.4, 0.5) is 0 Å². The van der Waals surface area contributed by atoms with Crippen molar-refractivity contribution in [3.8, 4) is 0 Å². The van der Waals surface area contributed by atoms with Crippen molar-refractivity contribution in [1.82, 2.24) is 0 Å². The Kier molecular flexibility index (Phi) is 4.74. The van der Waals surface area contributed by atoms with E-state index < -0.39 is 11.6 Å². The van der Waals surface area contributed by atoms with E-state index in [0.717, 1.165) is 0 Å². The standard InChI is InChI=1S/C12H22O4/c1-9(2)7-16-8-12(15)5-3-10(4-6-12)11(13)14/h9-10,15H,3-8H2,1-2H3,(H,13,14). The second kappa shape index (κ2) is 5.64. The summed E-state index contributed by atoms with van der Waals surface area (Å²) in [6, 6.07) is 0. The molecule has 1 rings (SSSR count). The molecule has 1 aliphatic carbocycles. The lowest BCUT2D eigenvalue weighted by atomic mass is 9.79. The predicted molar refractivity (Wildman–Crippen MR) is 60.2 cm³/mol. The minimum Gasteiger partial charge on any atom is -0.481 e. The lowest BCUT2D eigenvalue weighted by molar-refractivity contribution is -0.146. The molecule has 0 amide bonds. The lowest BCUT2D eigenvalue weighted by Gasteiger charge is -2.34. The lowest BCUT2D eigenvalue weighted by Crippen LogP contribution is -2.40. The fourth-order valence-electron chi connectivity index (χ4n) is 2.03. The Morgan fingerprint density at radius 3 is 2.44 bits per heavy atom. The van der Waals surface area contributed by atoms with Gasteiger partial charge in [-0.2, -0.15) is 0 Å². The van der Waals surface area contributed by atoms with Crippen LogP contribution in [-0.4, -0.2) is 35.0 Å². The van der Waals surface area contributed by atoms with Gasteiger partial charge in [-0.25, -0.2) is 0 Å². The monoisotopic (exact) mass is 230 g/mol. The molecule has 4 nitrogen and oxygen atoms in total. The number of hydrogen-bond acceptors (Lipinski definition) is 3. The third kappa shape index (κ3) is 4.10. The van der Waals surface area contributed by atoms with Crippen LogP contribution in [0.2, 0.25) is 0 Å². The van der Waals surface area contributed by atoms with E-state index in [0.29, 0.717) is 44.8 Å². The molecule has 4 heteroatoms. The van der Waals surface area contributed by atoms with Gasteiger partial charge in [-0.05, 0) is 31.6 Å². The van der Waals surface area contributed by atoms with Crippen molar-refractivity contribution in [1.29, 1.82) is 0 Å². The van der Waals surface area contributed by atoms with E-state index in [1.165, 1.54) is 0 Å². The van der Waals surface area contributed by atoms with Crippen molar-refractivity contribution in [2.75, 3.05) is 13.2 Å². The Balaban J connectivity index is 2.29. The minimum atomic E-state index is -0.805. The summed E-state index contributed by atoms with van der Waals surface area (Å²) in [5.74, 6) is -0.575. The first-order chi connectivity index (χ1) is 7.43. The number of aliphatic hydroxyl groups is 1. The quantitative estimate of drug-likeness (QED) is 0.754. The SMILES string of the molecule is CC(C)COCC1(O)CCC(C(=O)O)CC1. The minimum absolute atomic E-state index is 0.287. The van der Waals surface area contributed by atoms with Crippen LogP contribution >= 0.6 is 0 Å². The summed E-state index contributed by atoms with van der Waals surface area (Å²) >= 11 is 0. The first-order valence-electron chi connectivity index (χ1n) is 5.96. The number of carbonyl (C=O) groups is 1. The Labute approximate surface area is 96.6 Å². The highest BCUT2D eigenvalue weighted by molar-refractivity contribution is 5.70. The molecule has 0 saturated heterocycles. The Bertz CT molecular complexity index is 229. The fraction of sp³-hybridized carbons (Fsp3) is 0.917. The molecule has 0 aliphatic heterocycles. The van der Waals surface area contributed by atoms with Gasteiger partial charge < -0.3 is 14.9 Å². The maximum atomic E-state index is 10.8. The molecule has 1 fully saturated rings. The second-order valence-electron chi connectivity index (χ2n) is 5.25. The average Bonchev–Trinajstić information content (AvgIpc) is 2.17. The van der Waals surface area contributed by atoms with Crippen molar-refractivity contribution in [3.05, 3.63) is 0 Å². The van der Waals surface area contributed by atoms with Gasteiger partial charge in [0.25, 0.3) is 0 Å². The fourth-order valence-corrected chi connectivity index (χ4v) is 2.03. The Morgan fingerprint density at radius 2 is 2.00 bits per heavy atom. The van der Waals surface area contributed by atoms with Gasteiger partial charge in [0.2, 0.25) is 0 Å². The maximum absolute atomic E-state index is 10.8. The number of ether oxygens (including phenoxy) is 1. The summed E-state index contributed by atoms with van der Waals surface area (Å²) in [5, 5.41) is 19.0. The van der Waals surface area contributed by atoms with Crippen LogP contribution in [-0.2, 0) is 9.53 Å². The number of carboxylic acid groups (broad SMARTS) is 1. The van der Waals surface area contributed by atoms with Gasteiger partial charge in [-0.3, -0.25) is 4.79 Å². The molecular formula is C12H22O4. The third-order valence-electron chi connectivity index (χ3n) is 3.09. The van der Waals surface area contributed by atoms with Crippen LogP contribution in [0.15, 0.2) is 0 Å². The van der Waals surface area contributed by atoms with Gasteiger partial charge in [0.15, 0.2) is 0 Å². The number of carboxylic acids is 1. The molecule has 16 heavy (non-hydrogen) atoms. The predicted octanol–water partition coefficient (Wildman–Crippen LogP) is 1.66. The largest absolute Gasteiger partial charge is 0.481 e. The van der Waals surface area contributed by atoms with Crippen molar-refractivity contribution in [2.24, 2.45) is 11.8 Å². The van der Waals surface area contributed by atoms with Gasteiger partial charge >= 0.3 is 5.97 Å². The highest BCUT2D eigenvalue weighted by Gasteiger charge is 2.35. The van der Waals surface area contributed by atoms with Gasteiger partial charge in [-0.15, -0.1) is 0 Å². The van der Waals surface area contributed by atoms with E-state index in [-0.39, 0.29) is 5.92 Å². The third-order valence-corrected chi connectivity index (χ3v) is 3.09. The molecule has 0 spiro atoms. The molecule has 0 atom stereocenters. The number of hydrogen-bond donors (Lipinski definition) is 2. The van der Waals surface area contributed by atoms with Crippen LogP contribution in [0.1, 0.15) is 39.5 Å². The van der Waals surface area contributed by atoms with E-state index in [9.17, 15) is 9.90 Å². The molecule has 1 aliphatic rings. The van der Waals surface area contributed by atoms with E-state index in [1.54, 1.807) is 0 Å². The zero-order chi connectivity index (χ0) is 12.2. The Morgan fingerprint density at radius 1 is 1.44 bits per heavy atom. The topological polar surface area (TPSA) is 66.8 Å². The zero-order valence-corrected chi connectivity index (χ0v) is 10.1. The zero-order valence-electron chi connectivity index (χ0n) is 10.1. The smallest absolute Gasteiger partial charge is 0.306 e. The number of rotatable bonds is 5. The first-order valence-corrected chi connectivity index (χ1v) is 5.96. The molecule has 0 radical (unpaired) electrons. The highest BCUT2D eigenvalue weighted by Crippen LogP contribution is 2.32. The summed E-state index contributed by atoms with van der Waals surface area (Å²) in [4.78, 5) is 10.8. The molecule has 0 bridgehead atoms. The van der Waals surface area contributed by atoms with Gasteiger partial charge in [0.05, 0.1) is 18.1 Å². The van der Waals surface area contributed by atoms with E-state index >= 15 is 0 Å². The summed E-state index contributed by atoms with van der Waals surface area (Å²) < 4.78 is 5.44. The van der Waals surface area contributed by atoms with Crippen molar-refractivity contribution < 1.29 is 19.7 Å². The van der Waals surface area contributed by atoms with Crippen LogP contribution < -0.4 is 0 Å². The van der Waals surface area contributed by atoms with Crippen molar-refractivity contribution in [3.63, 3.8) is 0 Å². The van der Waals surface area contributed by atoms with Gasteiger partial charge in [-0.1, -0.05) is 13.8 Å². The maximum Gasteiger partial charge on any atom is 0.306 e. The van der Waals surface area contributed by atoms with Gasteiger partial charge in [0, 0.05) is 6.61 Å². The molecule has 0 heterocycles. The molecule has 0 aromatic heterocycles. The molecule has 0 aromatic carbocycles. The summed E-state index contributed by atoms with van der Waals surface area (Å²) in [7, 11) is 0. The van der Waals surface area contributed by atoms with Crippen molar-refractivity contribution >= 4 is 5.97 Å². The summed E-state index contributed by atoms with van der Waals surface area (Å²) in [6.45, 7) is 5.10. The van der Waals surface area contributed by atoms with Crippen LogP contribution in [0.3, 0.4) is 0 Å². The molecule has 1 saturated carbocycles. The van der Waals surface area contributed by atoms with E-state index in [2.05, 4.69) is 13.8 Å². The van der Waals surface area contributed by atoms with Crippen LogP contribution in [0.25, 0.3) is 0 Å². The molecule has 0 unspecified atom stereocenters. The van der Waals surface area contributed by atoms with Crippen LogP contribution in [0, 0.1) is 11.8 Å². The molecule has 94 valence electrons. The summed E-state index contributed by atoms with van der Waals surface area (Å²) in [5.41, 5.74) is -0.805. The van der Waals surface area contributed by atoms with Crippen molar-refractivity contribution in [2.45, 2.75) is 45.1 Å². The molecule has 0 aromatic rings. The second-order valence-corrected chi connectivity index (χ2v) is 5.25. The van der Waals surface area contributed by atoms with E-state index in [1.807, 2.05) is 0 Å². The average molecular weight is 230 g/mol. The number of aliphatic carboxylic acids is 1. The van der Waals surface area contributed by atoms with E-state index in [4.69, 9.17) is 9.84 Å². The molecule has 2 N–H and O–H groups in total. The Hall–Kier alpha value is -0.610. The highest BCUT2D eigenvalue weighted by atomic mass is 16.5. The van der Waals surface area contributed by atoms with Gasteiger partial charge in [0.1, 0.15) is 0 Å². The normalized spacial score (nSPS) is 30.6. The summed E-state index contributed by atoms with van der Waals surface area (Å²) in [6.07, 6.45) is 2.16.